The minimum absolute atomic E-state index is 0.0255. The predicted octanol–water partition coefficient (Wildman–Crippen LogP) is 4.32. The fourth-order valence-corrected chi connectivity index (χ4v) is 3.66. The number of aliphatic carboxylic acids is 1. The molecular weight excluding hydrogens is 338 g/mol. The molecule has 0 amide bonds. The van der Waals surface area contributed by atoms with Gasteiger partial charge in [-0.05, 0) is 67.8 Å². The monoisotopic (exact) mass is 357 g/mol. The highest BCUT2D eigenvalue weighted by Gasteiger charge is 2.26. The van der Waals surface area contributed by atoms with E-state index in [4.69, 9.17) is 16.7 Å². The van der Waals surface area contributed by atoms with Gasteiger partial charge < -0.3 is 10.0 Å². The van der Waals surface area contributed by atoms with E-state index >= 15 is 0 Å². The van der Waals surface area contributed by atoms with Crippen LogP contribution in [0, 0.1) is 6.92 Å². The highest BCUT2D eigenvalue weighted by atomic mass is 35.5. The summed E-state index contributed by atoms with van der Waals surface area (Å²) in [5.74, 6) is -0.814. The van der Waals surface area contributed by atoms with Gasteiger partial charge in [-0.25, -0.2) is 0 Å². The topological polar surface area (TPSA) is 57.6 Å². The molecule has 1 aliphatic rings. The van der Waals surface area contributed by atoms with E-state index < -0.39 is 5.97 Å². The highest BCUT2D eigenvalue weighted by Crippen LogP contribution is 2.28. The van der Waals surface area contributed by atoms with Crippen molar-refractivity contribution in [1.29, 1.82) is 0 Å². The van der Waals surface area contributed by atoms with E-state index in [-0.39, 0.29) is 18.2 Å². The third-order valence-electron chi connectivity index (χ3n) is 4.68. The lowest BCUT2D eigenvalue weighted by molar-refractivity contribution is -0.137. The number of ketones is 1. The van der Waals surface area contributed by atoms with Gasteiger partial charge in [0.25, 0.3) is 0 Å². The molecule has 0 aliphatic carbocycles. The van der Waals surface area contributed by atoms with E-state index in [0.717, 1.165) is 30.6 Å². The van der Waals surface area contributed by atoms with Crippen LogP contribution in [0.1, 0.15) is 40.7 Å². The van der Waals surface area contributed by atoms with Crippen LogP contribution in [0.3, 0.4) is 0 Å². The van der Waals surface area contributed by atoms with Gasteiger partial charge in [-0.1, -0.05) is 11.6 Å². The number of hydrogen-bond acceptors (Lipinski definition) is 3. The van der Waals surface area contributed by atoms with Gasteiger partial charge in [-0.2, -0.15) is 0 Å². The van der Waals surface area contributed by atoms with Crippen LogP contribution in [0.25, 0.3) is 0 Å². The van der Waals surface area contributed by atoms with Crippen molar-refractivity contribution >= 4 is 29.0 Å². The number of carboxylic acid groups (broad SMARTS) is 1. The summed E-state index contributed by atoms with van der Waals surface area (Å²) in [4.78, 5) is 25.8. The van der Waals surface area contributed by atoms with Crippen LogP contribution >= 0.6 is 11.6 Å². The molecule has 130 valence electrons. The second-order valence-corrected chi connectivity index (χ2v) is 6.86. The summed E-state index contributed by atoms with van der Waals surface area (Å²) >= 11 is 5.95. The molecule has 2 aromatic carbocycles. The molecule has 3 rings (SSSR count). The SMILES string of the molecule is Cc1cc(Cl)ccc1C(=O)c1ccc(N2CCCC2CC(=O)O)cc1. The molecule has 1 aliphatic heterocycles. The Morgan fingerprint density at radius 1 is 1.20 bits per heavy atom. The Kier molecular flexibility index (Phi) is 5.09. The molecule has 1 unspecified atom stereocenters. The van der Waals surface area contributed by atoms with Gasteiger partial charge in [-0.15, -0.1) is 0 Å². The van der Waals surface area contributed by atoms with Crippen LogP contribution in [0.2, 0.25) is 5.02 Å². The second kappa shape index (κ2) is 7.28. The molecular formula is C20H20ClNO3. The van der Waals surface area contributed by atoms with Crippen molar-refractivity contribution in [2.24, 2.45) is 0 Å². The maximum atomic E-state index is 12.7. The summed E-state index contributed by atoms with van der Waals surface area (Å²) in [6.07, 6.45) is 2.02. The van der Waals surface area contributed by atoms with Crippen molar-refractivity contribution in [3.63, 3.8) is 0 Å². The Hall–Kier alpha value is -2.33. The average Bonchev–Trinajstić information content (AvgIpc) is 3.02. The molecule has 0 spiro atoms. The first-order chi connectivity index (χ1) is 12.0. The van der Waals surface area contributed by atoms with E-state index in [1.807, 2.05) is 31.2 Å². The third kappa shape index (κ3) is 3.85. The Bertz CT molecular complexity index is 801. The lowest BCUT2D eigenvalue weighted by atomic mass is 9.99. The van der Waals surface area contributed by atoms with Crippen molar-refractivity contribution in [2.75, 3.05) is 11.4 Å². The normalized spacial score (nSPS) is 16.9. The fraction of sp³-hybridized carbons (Fsp3) is 0.300. The van der Waals surface area contributed by atoms with Gasteiger partial charge in [0, 0.05) is 34.4 Å². The summed E-state index contributed by atoms with van der Waals surface area (Å²) in [5.41, 5.74) is 3.07. The van der Waals surface area contributed by atoms with E-state index in [1.54, 1.807) is 18.2 Å². The quantitative estimate of drug-likeness (QED) is 0.809. The molecule has 1 saturated heterocycles. The summed E-state index contributed by atoms with van der Waals surface area (Å²) in [6, 6.07) is 12.7. The number of aryl methyl sites for hydroxylation is 1. The smallest absolute Gasteiger partial charge is 0.305 e. The van der Waals surface area contributed by atoms with Crippen molar-refractivity contribution in [2.45, 2.75) is 32.2 Å². The van der Waals surface area contributed by atoms with Gasteiger partial charge in [0.05, 0.1) is 6.42 Å². The van der Waals surface area contributed by atoms with Gasteiger partial charge >= 0.3 is 5.97 Å². The molecule has 25 heavy (non-hydrogen) atoms. The zero-order valence-electron chi connectivity index (χ0n) is 14.0. The maximum absolute atomic E-state index is 12.7. The molecule has 1 atom stereocenters. The molecule has 1 fully saturated rings. The summed E-state index contributed by atoms with van der Waals surface area (Å²) in [5, 5.41) is 9.66. The van der Waals surface area contributed by atoms with Crippen LogP contribution in [0.5, 0.6) is 0 Å². The largest absolute Gasteiger partial charge is 0.481 e. The van der Waals surface area contributed by atoms with Gasteiger partial charge in [0.2, 0.25) is 0 Å². The number of benzene rings is 2. The number of carboxylic acids is 1. The first-order valence-corrected chi connectivity index (χ1v) is 8.73. The average molecular weight is 358 g/mol. The van der Waals surface area contributed by atoms with Gasteiger partial charge in [0.15, 0.2) is 5.78 Å². The van der Waals surface area contributed by atoms with E-state index in [2.05, 4.69) is 4.90 Å². The fourth-order valence-electron chi connectivity index (χ4n) is 3.43. The maximum Gasteiger partial charge on any atom is 0.305 e. The van der Waals surface area contributed by atoms with Gasteiger partial charge in [-0.3, -0.25) is 9.59 Å². The summed E-state index contributed by atoms with van der Waals surface area (Å²) in [7, 11) is 0. The number of rotatable bonds is 5. The van der Waals surface area contributed by atoms with Gasteiger partial charge in [0.1, 0.15) is 0 Å². The molecule has 0 radical (unpaired) electrons. The Balaban J connectivity index is 1.80. The lowest BCUT2D eigenvalue weighted by Gasteiger charge is -2.25. The number of anilines is 1. The summed E-state index contributed by atoms with van der Waals surface area (Å²) in [6.45, 7) is 2.72. The Morgan fingerprint density at radius 2 is 1.92 bits per heavy atom. The highest BCUT2D eigenvalue weighted by molar-refractivity contribution is 6.30. The van der Waals surface area contributed by atoms with E-state index in [9.17, 15) is 9.59 Å². The first kappa shape index (κ1) is 17.5. The Labute approximate surface area is 152 Å². The minimum atomic E-state index is -0.776. The number of carbonyl (C=O) groups excluding carboxylic acids is 1. The molecule has 1 heterocycles. The Morgan fingerprint density at radius 3 is 2.56 bits per heavy atom. The van der Waals surface area contributed by atoms with E-state index in [0.29, 0.717) is 16.1 Å². The van der Waals surface area contributed by atoms with Crippen LogP contribution in [-0.4, -0.2) is 29.4 Å². The van der Waals surface area contributed by atoms with Crippen LogP contribution < -0.4 is 4.90 Å². The zero-order chi connectivity index (χ0) is 18.0. The molecule has 5 heteroatoms. The zero-order valence-corrected chi connectivity index (χ0v) is 14.8. The molecule has 2 aromatic rings. The van der Waals surface area contributed by atoms with Crippen molar-refractivity contribution in [3.8, 4) is 0 Å². The number of hydrogen-bond donors (Lipinski definition) is 1. The number of nitrogens with zero attached hydrogens (tertiary/aromatic N) is 1. The van der Waals surface area contributed by atoms with Crippen LogP contribution in [0.15, 0.2) is 42.5 Å². The summed E-state index contributed by atoms with van der Waals surface area (Å²) < 4.78 is 0. The molecule has 1 N–H and O–H groups in total. The van der Waals surface area contributed by atoms with Crippen molar-refractivity contribution in [1.82, 2.24) is 0 Å². The predicted molar refractivity (Wildman–Crippen MR) is 98.7 cm³/mol. The third-order valence-corrected chi connectivity index (χ3v) is 4.92. The second-order valence-electron chi connectivity index (χ2n) is 6.42. The van der Waals surface area contributed by atoms with Crippen molar-refractivity contribution in [3.05, 3.63) is 64.2 Å². The molecule has 0 saturated carbocycles. The minimum Gasteiger partial charge on any atom is -0.481 e. The molecule has 4 nitrogen and oxygen atoms in total. The number of carbonyl (C=O) groups is 2. The van der Waals surface area contributed by atoms with Crippen molar-refractivity contribution < 1.29 is 14.7 Å². The lowest BCUT2D eigenvalue weighted by Crippen LogP contribution is -2.31. The number of halogens is 1. The van der Waals surface area contributed by atoms with Crippen LogP contribution in [-0.2, 0) is 4.79 Å². The van der Waals surface area contributed by atoms with Crippen LogP contribution in [0.4, 0.5) is 5.69 Å². The standard InChI is InChI=1S/C20H20ClNO3/c1-13-11-15(21)6-9-18(13)20(25)14-4-7-16(8-5-14)22-10-2-3-17(22)12-19(23)24/h4-9,11,17H,2-3,10,12H2,1H3,(H,23,24). The molecule has 0 aromatic heterocycles. The first-order valence-electron chi connectivity index (χ1n) is 8.35. The molecule has 0 bridgehead atoms. The van der Waals surface area contributed by atoms with E-state index in [1.165, 1.54) is 0 Å².